The molecule has 6 atom stereocenters. The third-order valence-corrected chi connectivity index (χ3v) is 10.5. The quantitative estimate of drug-likeness (QED) is 0.511. The van der Waals surface area contributed by atoms with E-state index < -0.39 is 78.0 Å². The number of rotatable bonds is 4. The minimum absolute atomic E-state index is 0.159. The van der Waals surface area contributed by atoms with Gasteiger partial charge in [-0.3, -0.25) is 0 Å². The summed E-state index contributed by atoms with van der Waals surface area (Å²) >= 11 is 0. The van der Waals surface area contributed by atoms with Gasteiger partial charge in [0.25, 0.3) is 0 Å². The molecule has 0 aliphatic carbocycles. The molecule has 12 nitrogen and oxygen atoms in total. The van der Waals surface area contributed by atoms with E-state index >= 15 is 0 Å². The van der Waals surface area contributed by atoms with Gasteiger partial charge in [0, 0.05) is 23.7 Å². The summed E-state index contributed by atoms with van der Waals surface area (Å²) in [7, 11) is -13.3. The Morgan fingerprint density at radius 2 is 1.36 bits per heavy atom. The largest absolute Gasteiger partial charge is 0.400 e. The molecule has 0 aromatic carbocycles. The first-order chi connectivity index (χ1) is 14.7. The highest BCUT2D eigenvalue weighted by Gasteiger charge is 2.62. The van der Waals surface area contributed by atoms with Crippen molar-refractivity contribution in [3.05, 3.63) is 0 Å². The second kappa shape index (κ2) is 8.34. The molecule has 194 valence electrons. The molecule has 0 amide bonds. The molecule has 0 aromatic rings. The van der Waals surface area contributed by atoms with Gasteiger partial charge >= 0.3 is 31.2 Å². The topological polar surface area (TPSA) is 158 Å². The van der Waals surface area contributed by atoms with Crippen LogP contribution in [0.5, 0.6) is 0 Å². The molecule has 3 saturated heterocycles. The van der Waals surface area contributed by atoms with Gasteiger partial charge in [0.05, 0.1) is 23.9 Å². The molecule has 0 aromatic heterocycles. The van der Waals surface area contributed by atoms with Crippen molar-refractivity contribution in [3.63, 3.8) is 0 Å². The SMILES string of the molecule is CCC1C(CC2(C)OS(=O)(=O)OC(C)(C)C2(C)C)OS(=O)(=O)OC1C1OS(=O)(=O)OCC1C. The molecule has 0 bridgehead atoms. The smallest absolute Gasteiger partial charge is 0.248 e. The maximum absolute atomic E-state index is 12.5. The van der Waals surface area contributed by atoms with Crippen molar-refractivity contribution < 1.29 is 50.4 Å². The van der Waals surface area contributed by atoms with Crippen molar-refractivity contribution in [1.29, 1.82) is 0 Å². The Balaban J connectivity index is 2.01. The first-order valence-corrected chi connectivity index (χ1v) is 14.6. The van der Waals surface area contributed by atoms with E-state index in [0.717, 1.165) is 0 Å². The normalized spacial score (nSPS) is 43.5. The highest BCUT2D eigenvalue weighted by molar-refractivity contribution is 7.82. The third-order valence-electron chi connectivity index (χ3n) is 7.44. The Kier molecular flexibility index (Phi) is 6.87. The lowest BCUT2D eigenvalue weighted by atomic mass is 9.63. The predicted molar refractivity (Wildman–Crippen MR) is 113 cm³/mol. The standard InChI is InChI=1S/C18H32O12S3/c1-8-12-13(9-18(7)16(3,4)17(5,6)29-33(23,24)30-18)26-32(21,22)28-15(12)14-11(2)10-25-31(19,20)27-14/h11-15H,8-10H2,1-7H3. The predicted octanol–water partition coefficient (Wildman–Crippen LogP) is 1.58. The highest BCUT2D eigenvalue weighted by atomic mass is 32.3. The van der Waals surface area contributed by atoms with Crippen LogP contribution in [0.4, 0.5) is 0 Å². The van der Waals surface area contributed by atoms with Crippen molar-refractivity contribution >= 4 is 31.2 Å². The molecule has 0 N–H and O–H groups in total. The maximum atomic E-state index is 12.5. The fourth-order valence-electron chi connectivity index (χ4n) is 4.58. The Hall–Kier alpha value is -0.390. The second-order valence-corrected chi connectivity index (χ2v) is 13.6. The van der Waals surface area contributed by atoms with E-state index in [-0.39, 0.29) is 13.0 Å². The summed E-state index contributed by atoms with van der Waals surface area (Å²) in [5.74, 6) is -1.17. The molecule has 3 aliphatic rings. The molecule has 6 unspecified atom stereocenters. The molecule has 0 spiro atoms. The van der Waals surface area contributed by atoms with Crippen LogP contribution in [-0.4, -0.2) is 61.4 Å². The van der Waals surface area contributed by atoms with Crippen LogP contribution in [0.15, 0.2) is 0 Å². The highest BCUT2D eigenvalue weighted by Crippen LogP contribution is 2.54. The third kappa shape index (κ3) is 5.11. The van der Waals surface area contributed by atoms with Gasteiger partial charge in [0.1, 0.15) is 12.2 Å². The zero-order valence-electron chi connectivity index (χ0n) is 19.6. The Labute approximate surface area is 196 Å². The van der Waals surface area contributed by atoms with Crippen molar-refractivity contribution in [2.75, 3.05) is 6.61 Å². The van der Waals surface area contributed by atoms with Crippen LogP contribution in [0.3, 0.4) is 0 Å². The second-order valence-electron chi connectivity index (χ2n) is 10.1. The van der Waals surface area contributed by atoms with E-state index in [1.807, 2.05) is 0 Å². The molecule has 3 rings (SSSR count). The van der Waals surface area contributed by atoms with Crippen LogP contribution >= 0.6 is 0 Å². The summed E-state index contributed by atoms with van der Waals surface area (Å²) in [6.45, 7) is 11.5. The Morgan fingerprint density at radius 1 is 0.788 bits per heavy atom. The van der Waals surface area contributed by atoms with Crippen LogP contribution < -0.4 is 0 Å². The van der Waals surface area contributed by atoms with E-state index in [2.05, 4.69) is 4.18 Å². The lowest BCUT2D eigenvalue weighted by molar-refractivity contribution is -0.191. The fourth-order valence-corrected chi connectivity index (χ4v) is 8.15. The summed E-state index contributed by atoms with van der Waals surface area (Å²) in [6, 6.07) is 0. The van der Waals surface area contributed by atoms with E-state index in [1.165, 1.54) is 0 Å². The van der Waals surface area contributed by atoms with E-state index in [0.29, 0.717) is 6.42 Å². The molecule has 3 aliphatic heterocycles. The molecule has 0 radical (unpaired) electrons. The van der Waals surface area contributed by atoms with E-state index in [1.54, 1.807) is 48.5 Å². The maximum Gasteiger partial charge on any atom is 0.400 e. The molecule has 33 heavy (non-hydrogen) atoms. The monoisotopic (exact) mass is 536 g/mol. The van der Waals surface area contributed by atoms with Crippen LogP contribution in [0.2, 0.25) is 0 Å². The lowest BCUT2D eigenvalue weighted by Gasteiger charge is -2.56. The first-order valence-electron chi connectivity index (χ1n) is 10.6. The van der Waals surface area contributed by atoms with Gasteiger partial charge in [-0.2, -0.15) is 25.3 Å². The summed E-state index contributed by atoms with van der Waals surface area (Å²) < 4.78 is 104. The van der Waals surface area contributed by atoms with E-state index in [9.17, 15) is 25.3 Å². The molecular formula is C18H32O12S3. The van der Waals surface area contributed by atoms with Crippen molar-refractivity contribution in [1.82, 2.24) is 0 Å². The van der Waals surface area contributed by atoms with Crippen molar-refractivity contribution in [2.45, 2.75) is 90.8 Å². The van der Waals surface area contributed by atoms with Crippen molar-refractivity contribution in [3.8, 4) is 0 Å². The van der Waals surface area contributed by atoms with Gasteiger partial charge in [0.15, 0.2) is 0 Å². The first kappa shape index (κ1) is 27.2. The summed E-state index contributed by atoms with van der Waals surface area (Å²) in [6.07, 6.45) is -3.28. The summed E-state index contributed by atoms with van der Waals surface area (Å²) in [5, 5.41) is 0. The molecular weight excluding hydrogens is 504 g/mol. The minimum Gasteiger partial charge on any atom is -0.248 e. The van der Waals surface area contributed by atoms with Crippen LogP contribution in [0, 0.1) is 17.3 Å². The fraction of sp³-hybridized carbons (Fsp3) is 1.00. The summed E-state index contributed by atoms with van der Waals surface area (Å²) in [5.41, 5.74) is -3.54. The van der Waals surface area contributed by atoms with Gasteiger partial charge in [-0.1, -0.05) is 27.7 Å². The molecule has 15 heteroatoms. The van der Waals surface area contributed by atoms with E-state index in [4.69, 9.17) is 20.9 Å². The number of hydrogen-bond acceptors (Lipinski definition) is 12. The zero-order valence-corrected chi connectivity index (χ0v) is 22.1. The Bertz CT molecular complexity index is 1080. The van der Waals surface area contributed by atoms with Crippen molar-refractivity contribution in [2.24, 2.45) is 17.3 Å². The zero-order chi connectivity index (χ0) is 25.3. The summed E-state index contributed by atoms with van der Waals surface area (Å²) in [4.78, 5) is 0. The lowest BCUT2D eigenvalue weighted by Crippen LogP contribution is -2.65. The van der Waals surface area contributed by atoms with Crippen LogP contribution in [-0.2, 0) is 56.3 Å². The van der Waals surface area contributed by atoms with Gasteiger partial charge in [-0.05, 0) is 27.2 Å². The molecule has 0 saturated carbocycles. The van der Waals surface area contributed by atoms with Gasteiger partial charge in [-0.15, -0.1) is 0 Å². The minimum atomic E-state index is -4.56. The molecule has 3 fully saturated rings. The van der Waals surface area contributed by atoms with Gasteiger partial charge in [-0.25, -0.2) is 25.1 Å². The van der Waals surface area contributed by atoms with Crippen LogP contribution in [0.1, 0.15) is 61.3 Å². The Morgan fingerprint density at radius 3 is 1.94 bits per heavy atom. The van der Waals surface area contributed by atoms with Crippen LogP contribution in [0.25, 0.3) is 0 Å². The number of hydrogen-bond donors (Lipinski definition) is 0. The van der Waals surface area contributed by atoms with Gasteiger partial charge < -0.3 is 0 Å². The van der Waals surface area contributed by atoms with Gasteiger partial charge in [0.2, 0.25) is 0 Å². The molecule has 3 heterocycles. The average molecular weight is 537 g/mol. The average Bonchev–Trinajstić information content (AvgIpc) is 2.60.